The minimum Gasteiger partial charge on any atom is -0.457 e. The van der Waals surface area contributed by atoms with E-state index in [1.165, 1.54) is 126 Å². The molecule has 3 nitrogen and oxygen atoms in total. The molecular formula is C75H57BN2OS. The summed E-state index contributed by atoms with van der Waals surface area (Å²) in [4.78, 5) is 5.29. The number of rotatable bonds is 4. The van der Waals surface area contributed by atoms with Gasteiger partial charge in [-0.25, -0.2) is 0 Å². The molecule has 5 heteroatoms. The number of thiophene rings is 1. The molecule has 4 aliphatic rings. The van der Waals surface area contributed by atoms with Crippen LogP contribution in [-0.2, 0) is 16.2 Å². The molecule has 80 heavy (non-hydrogen) atoms. The first-order valence-electron chi connectivity index (χ1n) is 28.2. The summed E-state index contributed by atoms with van der Waals surface area (Å²) in [6.07, 6.45) is 0. The number of para-hydroxylation sites is 2. The van der Waals surface area contributed by atoms with Gasteiger partial charge in [-0.2, -0.15) is 0 Å². The molecular weight excluding hydrogens is 988 g/mol. The Morgan fingerprint density at radius 2 is 1.01 bits per heavy atom. The van der Waals surface area contributed by atoms with Crippen molar-refractivity contribution in [3.8, 4) is 44.9 Å². The molecule has 0 amide bonds. The van der Waals surface area contributed by atoms with Crippen LogP contribution >= 0.6 is 11.3 Å². The molecule has 0 fully saturated rings. The van der Waals surface area contributed by atoms with Crippen LogP contribution < -0.4 is 30.2 Å². The van der Waals surface area contributed by atoms with Crippen molar-refractivity contribution < 1.29 is 4.74 Å². The first-order valence-corrected chi connectivity index (χ1v) is 29.0. The van der Waals surface area contributed by atoms with Crippen molar-refractivity contribution in [3.63, 3.8) is 0 Å². The fourth-order valence-corrected chi connectivity index (χ4v) is 15.3. The Bertz CT molecular complexity index is 4500. The number of nitrogens with zero attached hydrogens (tertiary/aromatic N) is 2. The number of hydrogen-bond acceptors (Lipinski definition) is 4. The Hall–Kier alpha value is -8.90. The summed E-state index contributed by atoms with van der Waals surface area (Å²) in [7, 11) is 0. The minimum atomic E-state index is -0.652. The summed E-state index contributed by atoms with van der Waals surface area (Å²) < 4.78 is 9.55. The zero-order valence-corrected chi connectivity index (χ0v) is 46.6. The van der Waals surface area contributed by atoms with E-state index in [0.29, 0.717) is 0 Å². The lowest BCUT2D eigenvalue weighted by Gasteiger charge is -2.44. The molecule has 0 unspecified atom stereocenters. The first-order chi connectivity index (χ1) is 38.9. The van der Waals surface area contributed by atoms with Crippen molar-refractivity contribution >= 4 is 88.7 Å². The molecule has 0 bridgehead atoms. The molecule has 4 heterocycles. The molecule has 1 aliphatic carbocycles. The standard InChI is InChI=1S/C75H57BN2OS/c1-73(2,3)50-33-36-52(37-34-50)78-66-41-49(46-21-9-7-10-22-46)40-65-70(66)76(72-71(78)58-42-51(74(4,5)6)35-38-69(58)80-72)63-45-62-57(44-64(63)77(65)53-39-48-25-13-14-26-54(48)56(43-53)47-23-11-8-12-24-47)55-27-15-16-28-59(55)75(62)60-29-17-19-31-67(60)79-68-32-20-18-30-61(68)75/h7-45H,1-6H3. The maximum atomic E-state index is 6.91. The molecule has 0 radical (unpaired) electrons. The molecule has 1 spiro atoms. The highest BCUT2D eigenvalue weighted by molar-refractivity contribution is 7.33. The summed E-state index contributed by atoms with van der Waals surface area (Å²) in [6.45, 7) is 13.8. The minimum absolute atomic E-state index is 0.00873. The smallest absolute Gasteiger partial charge is 0.264 e. The Labute approximate surface area is 473 Å². The van der Waals surface area contributed by atoms with Gasteiger partial charge in [-0.05, 0) is 155 Å². The lowest BCUT2D eigenvalue weighted by atomic mass is 9.35. The van der Waals surface area contributed by atoms with Crippen molar-refractivity contribution in [3.05, 3.63) is 270 Å². The highest BCUT2D eigenvalue weighted by Crippen LogP contribution is 2.63. The maximum Gasteiger partial charge on any atom is 0.264 e. The molecule has 1 aromatic heterocycles. The molecule has 0 saturated heterocycles. The van der Waals surface area contributed by atoms with Gasteiger partial charge in [0.15, 0.2) is 0 Å². The summed E-state index contributed by atoms with van der Waals surface area (Å²) in [5.41, 5.74) is 23.8. The normalized spacial score (nSPS) is 14.2. The van der Waals surface area contributed by atoms with Crippen LogP contribution in [0.3, 0.4) is 0 Å². The topological polar surface area (TPSA) is 15.7 Å². The summed E-state index contributed by atoms with van der Waals surface area (Å²) in [5, 5.41) is 3.72. The average Bonchev–Trinajstić information content (AvgIpc) is 3.05. The summed E-state index contributed by atoms with van der Waals surface area (Å²) >= 11 is 1.97. The van der Waals surface area contributed by atoms with Crippen molar-refractivity contribution in [2.75, 3.05) is 9.80 Å². The number of benzene rings is 11. The molecule has 0 atom stereocenters. The molecule has 0 saturated carbocycles. The Balaban J connectivity index is 1.08. The van der Waals surface area contributed by atoms with Gasteiger partial charge in [0.05, 0.1) is 11.1 Å². The molecule has 0 N–H and O–H groups in total. The third kappa shape index (κ3) is 6.74. The van der Waals surface area contributed by atoms with E-state index >= 15 is 0 Å². The van der Waals surface area contributed by atoms with Gasteiger partial charge in [0.25, 0.3) is 6.71 Å². The van der Waals surface area contributed by atoms with Crippen molar-refractivity contribution in [1.29, 1.82) is 0 Å². The number of fused-ring (bicyclic) bond motifs is 16. The fraction of sp³-hybridized carbons (Fsp3) is 0.120. The van der Waals surface area contributed by atoms with Crippen LogP contribution in [0.5, 0.6) is 11.5 Å². The van der Waals surface area contributed by atoms with Crippen LogP contribution in [0, 0.1) is 0 Å². The van der Waals surface area contributed by atoms with Crippen molar-refractivity contribution in [2.24, 2.45) is 0 Å². The lowest BCUT2D eigenvalue weighted by molar-refractivity contribution is 0.436. The number of ether oxygens (including phenoxy) is 1. The second-order valence-corrected chi connectivity index (χ2v) is 25.5. The largest absolute Gasteiger partial charge is 0.457 e. The van der Waals surface area contributed by atoms with E-state index in [4.69, 9.17) is 4.74 Å². The molecule has 16 rings (SSSR count). The number of hydrogen-bond donors (Lipinski definition) is 0. The third-order valence-corrected chi connectivity index (χ3v) is 19.0. The average molecular weight is 1050 g/mol. The van der Waals surface area contributed by atoms with Gasteiger partial charge in [-0.3, -0.25) is 0 Å². The zero-order chi connectivity index (χ0) is 53.8. The van der Waals surface area contributed by atoms with Gasteiger partial charge in [0.2, 0.25) is 0 Å². The van der Waals surface area contributed by atoms with E-state index in [-0.39, 0.29) is 17.5 Å². The Morgan fingerprint density at radius 1 is 0.412 bits per heavy atom. The van der Waals surface area contributed by atoms with Crippen LogP contribution in [0.4, 0.5) is 34.1 Å². The van der Waals surface area contributed by atoms with Crippen LogP contribution in [0.15, 0.2) is 237 Å². The zero-order valence-electron chi connectivity index (χ0n) is 45.8. The molecule has 12 aromatic rings. The molecule has 11 aromatic carbocycles. The maximum absolute atomic E-state index is 6.91. The Kier molecular flexibility index (Phi) is 10.0. The predicted molar refractivity (Wildman–Crippen MR) is 339 cm³/mol. The van der Waals surface area contributed by atoms with Crippen LogP contribution in [0.1, 0.15) is 74.9 Å². The van der Waals surface area contributed by atoms with E-state index in [2.05, 4.69) is 288 Å². The van der Waals surface area contributed by atoms with E-state index in [0.717, 1.165) is 22.9 Å². The van der Waals surface area contributed by atoms with Crippen LogP contribution in [-0.4, -0.2) is 6.71 Å². The predicted octanol–water partition coefficient (Wildman–Crippen LogP) is 18.5. The fourth-order valence-electron chi connectivity index (χ4n) is 14.0. The third-order valence-electron chi connectivity index (χ3n) is 17.8. The van der Waals surface area contributed by atoms with Gasteiger partial charge in [0, 0.05) is 54.4 Å². The monoisotopic (exact) mass is 1040 g/mol. The highest BCUT2D eigenvalue weighted by atomic mass is 32.1. The lowest BCUT2D eigenvalue weighted by Crippen LogP contribution is -2.60. The van der Waals surface area contributed by atoms with Crippen molar-refractivity contribution in [1.82, 2.24) is 0 Å². The van der Waals surface area contributed by atoms with Crippen molar-refractivity contribution in [2.45, 2.75) is 57.8 Å². The van der Waals surface area contributed by atoms with Crippen LogP contribution in [0.2, 0.25) is 0 Å². The van der Waals surface area contributed by atoms with Gasteiger partial charge in [0.1, 0.15) is 11.5 Å². The van der Waals surface area contributed by atoms with E-state index in [1.807, 2.05) is 11.3 Å². The molecule has 3 aliphatic heterocycles. The van der Waals surface area contributed by atoms with Gasteiger partial charge in [-0.1, -0.05) is 211 Å². The van der Waals surface area contributed by atoms with E-state index < -0.39 is 5.41 Å². The van der Waals surface area contributed by atoms with Crippen LogP contribution in [0.25, 0.3) is 54.2 Å². The summed E-state index contributed by atoms with van der Waals surface area (Å²) in [5.74, 6) is 1.79. The second kappa shape index (κ2) is 17.1. The van der Waals surface area contributed by atoms with Gasteiger partial charge < -0.3 is 14.5 Å². The van der Waals surface area contributed by atoms with E-state index in [9.17, 15) is 0 Å². The SMILES string of the molecule is CC(C)(C)c1ccc(N2c3cc(-c4ccccc4)cc4c3B(c3cc5c(cc3N4c3cc(-c4ccccc4)c4ccccc4c3)-c3ccccc3C53c4ccccc4Oc4ccccc43)c3sc4ccc(C(C)(C)C)cc4c32)cc1. The Morgan fingerprint density at radius 3 is 1.71 bits per heavy atom. The second-order valence-electron chi connectivity index (χ2n) is 24.4. The first kappa shape index (κ1) is 47.1. The van der Waals surface area contributed by atoms with Gasteiger partial charge in [-0.15, -0.1) is 11.3 Å². The summed E-state index contributed by atoms with van der Waals surface area (Å²) in [6, 6.07) is 89.5. The highest BCUT2D eigenvalue weighted by Gasteiger charge is 2.54. The quantitative estimate of drug-likeness (QED) is 0.163. The number of anilines is 6. The molecule has 382 valence electrons. The van der Waals surface area contributed by atoms with Gasteiger partial charge >= 0.3 is 0 Å². The van der Waals surface area contributed by atoms with E-state index in [1.54, 1.807) is 0 Å².